The van der Waals surface area contributed by atoms with Gasteiger partial charge in [0, 0.05) is 39.6 Å². The molecule has 0 radical (unpaired) electrons. The van der Waals surface area contributed by atoms with Gasteiger partial charge in [0.25, 0.3) is 0 Å². The highest BCUT2D eigenvalue weighted by Crippen LogP contribution is 2.09. The zero-order valence-corrected chi connectivity index (χ0v) is 19.3. The minimum Gasteiger partial charge on any atom is -0.353 e. The molecule has 0 unspecified atom stereocenters. The second-order valence-corrected chi connectivity index (χ2v) is 8.08. The Labute approximate surface area is 178 Å². The molecule has 1 heterocycles. The van der Waals surface area contributed by atoms with E-state index >= 15 is 0 Å². The van der Waals surface area contributed by atoms with Crippen LogP contribution in [0.3, 0.4) is 0 Å². The third kappa shape index (κ3) is 7.15. The average molecular weight is 505 g/mol. The summed E-state index contributed by atoms with van der Waals surface area (Å²) in [5.74, 6) is 0.749. The highest BCUT2D eigenvalue weighted by atomic mass is 127. The highest BCUT2D eigenvalue weighted by Gasteiger charge is 2.10. The van der Waals surface area contributed by atoms with Gasteiger partial charge in [-0.25, -0.2) is 13.1 Å². The van der Waals surface area contributed by atoms with Crippen LogP contribution >= 0.6 is 24.0 Å². The van der Waals surface area contributed by atoms with E-state index in [1.807, 2.05) is 55.5 Å². The number of nitrogens with one attached hydrogen (secondary N) is 2. The Morgan fingerprint density at radius 2 is 1.93 bits per heavy atom. The number of aliphatic imine (C=N–C) groups is 1. The van der Waals surface area contributed by atoms with Gasteiger partial charge < -0.3 is 14.8 Å². The molecule has 0 saturated carbocycles. The van der Waals surface area contributed by atoms with Crippen LogP contribution in [-0.2, 0) is 35.9 Å². The Balaban J connectivity index is 0.00000364. The van der Waals surface area contributed by atoms with Gasteiger partial charge in [0.05, 0.1) is 12.3 Å². The normalized spacial score (nSPS) is 11.8. The van der Waals surface area contributed by atoms with Crippen molar-refractivity contribution in [2.24, 2.45) is 12.0 Å². The quantitative estimate of drug-likeness (QED) is 0.343. The molecule has 0 atom stereocenters. The molecule has 0 amide bonds. The predicted molar refractivity (Wildman–Crippen MR) is 121 cm³/mol. The van der Waals surface area contributed by atoms with E-state index in [1.165, 1.54) is 12.7 Å². The molecule has 2 aromatic rings. The number of halogens is 1. The van der Waals surface area contributed by atoms with E-state index in [0.29, 0.717) is 6.54 Å². The number of hydrogen-bond donors (Lipinski definition) is 2. The summed E-state index contributed by atoms with van der Waals surface area (Å²) in [6, 6.07) is 11.6. The molecule has 7 nitrogen and oxygen atoms in total. The van der Waals surface area contributed by atoms with Gasteiger partial charge in [-0.15, -0.1) is 24.0 Å². The van der Waals surface area contributed by atoms with Gasteiger partial charge in [0.15, 0.2) is 5.96 Å². The molecule has 1 aromatic heterocycles. The molecule has 27 heavy (non-hydrogen) atoms. The van der Waals surface area contributed by atoms with E-state index in [4.69, 9.17) is 0 Å². The lowest BCUT2D eigenvalue weighted by Gasteiger charge is -2.22. The van der Waals surface area contributed by atoms with E-state index in [1.54, 1.807) is 7.05 Å². The smallest absolute Gasteiger partial charge is 0.215 e. The van der Waals surface area contributed by atoms with Crippen molar-refractivity contribution in [2.45, 2.75) is 18.8 Å². The number of aryl methyl sites for hydroxylation is 1. The van der Waals surface area contributed by atoms with Crippen LogP contribution in [0.1, 0.15) is 16.8 Å². The fourth-order valence-electron chi connectivity index (χ4n) is 2.67. The van der Waals surface area contributed by atoms with Crippen LogP contribution < -0.4 is 10.0 Å². The first-order valence-corrected chi connectivity index (χ1v) is 10.0. The van der Waals surface area contributed by atoms with Crippen LogP contribution in [0.2, 0.25) is 0 Å². The van der Waals surface area contributed by atoms with Crippen molar-refractivity contribution in [3.05, 3.63) is 59.4 Å². The minimum absolute atomic E-state index is 0. The monoisotopic (exact) mass is 505 g/mol. The number of sulfonamides is 1. The fourth-order valence-corrected chi connectivity index (χ4v) is 3.43. The zero-order valence-electron chi connectivity index (χ0n) is 16.1. The Bertz CT molecular complexity index is 864. The molecule has 2 rings (SSSR count). The average Bonchev–Trinajstić information content (AvgIpc) is 3.00. The molecule has 0 spiro atoms. The van der Waals surface area contributed by atoms with Crippen molar-refractivity contribution in [2.75, 3.05) is 21.1 Å². The van der Waals surface area contributed by atoms with Gasteiger partial charge in [-0.05, 0) is 30.3 Å². The molecule has 0 bridgehead atoms. The number of rotatable bonds is 7. The molecule has 0 fully saturated rings. The molecular formula is C18H28IN5O2S. The molecule has 0 aliphatic carbocycles. The van der Waals surface area contributed by atoms with Crippen LogP contribution in [-0.4, -0.2) is 45.0 Å². The Morgan fingerprint density at radius 1 is 1.22 bits per heavy atom. The lowest BCUT2D eigenvalue weighted by atomic mass is 10.1. The number of hydrogen-bond acceptors (Lipinski definition) is 3. The van der Waals surface area contributed by atoms with Crippen LogP contribution in [0, 0.1) is 0 Å². The van der Waals surface area contributed by atoms with Gasteiger partial charge in [-0.2, -0.15) is 0 Å². The van der Waals surface area contributed by atoms with Crippen molar-refractivity contribution in [1.82, 2.24) is 19.5 Å². The van der Waals surface area contributed by atoms with E-state index in [2.05, 4.69) is 25.7 Å². The summed E-state index contributed by atoms with van der Waals surface area (Å²) in [6.07, 6.45) is 2.02. The number of aromatic nitrogens is 1. The summed E-state index contributed by atoms with van der Waals surface area (Å²) in [5.41, 5.74) is 2.95. The molecule has 2 N–H and O–H groups in total. The molecule has 1 aromatic carbocycles. The van der Waals surface area contributed by atoms with E-state index in [-0.39, 0.29) is 29.7 Å². The maximum Gasteiger partial charge on any atom is 0.215 e. The molecule has 0 aliphatic rings. The number of nitrogens with zero attached hydrogens (tertiary/aromatic N) is 3. The van der Waals surface area contributed by atoms with Crippen LogP contribution in [0.25, 0.3) is 0 Å². The van der Waals surface area contributed by atoms with Gasteiger partial charge >= 0.3 is 0 Å². The summed E-state index contributed by atoms with van der Waals surface area (Å²) in [5, 5.41) is 3.32. The molecule has 9 heteroatoms. The summed E-state index contributed by atoms with van der Waals surface area (Å²) < 4.78 is 27.8. The molecular weight excluding hydrogens is 477 g/mol. The standard InChI is InChI=1S/C18H27N5O2S.HI/c1-19-18(23(4)13-17-9-6-10-22(17)3)21-12-15-7-5-8-16(11-15)14-26(24,25)20-2;/h5-11,20H,12-14H2,1-4H3,(H,19,21);1H. The largest absolute Gasteiger partial charge is 0.353 e. The SMILES string of the molecule is CN=C(NCc1cccc(CS(=O)(=O)NC)c1)N(C)Cc1cccn1C.I. The first-order valence-electron chi connectivity index (χ1n) is 8.35. The summed E-state index contributed by atoms with van der Waals surface area (Å²) in [7, 11) is 3.90. The van der Waals surface area contributed by atoms with E-state index < -0.39 is 10.0 Å². The second kappa shape index (κ2) is 10.7. The Kier molecular flexibility index (Phi) is 9.27. The van der Waals surface area contributed by atoms with Crippen molar-refractivity contribution < 1.29 is 8.42 Å². The maximum absolute atomic E-state index is 11.7. The van der Waals surface area contributed by atoms with Crippen molar-refractivity contribution >= 4 is 40.0 Å². The first kappa shape index (κ1) is 23.4. The topological polar surface area (TPSA) is 78.7 Å². The molecule has 0 aliphatic heterocycles. The Morgan fingerprint density at radius 3 is 2.52 bits per heavy atom. The van der Waals surface area contributed by atoms with Crippen LogP contribution in [0.15, 0.2) is 47.6 Å². The molecule has 0 saturated heterocycles. The molecule has 150 valence electrons. The van der Waals surface area contributed by atoms with Gasteiger partial charge in [0.2, 0.25) is 10.0 Å². The highest BCUT2D eigenvalue weighted by molar-refractivity contribution is 14.0. The minimum atomic E-state index is -3.28. The van der Waals surface area contributed by atoms with Gasteiger partial charge in [-0.3, -0.25) is 4.99 Å². The number of guanidine groups is 1. The van der Waals surface area contributed by atoms with E-state index in [9.17, 15) is 8.42 Å². The van der Waals surface area contributed by atoms with Crippen molar-refractivity contribution in [1.29, 1.82) is 0 Å². The van der Waals surface area contributed by atoms with Gasteiger partial charge in [-0.1, -0.05) is 24.3 Å². The van der Waals surface area contributed by atoms with Gasteiger partial charge in [0.1, 0.15) is 0 Å². The third-order valence-electron chi connectivity index (χ3n) is 4.13. The zero-order chi connectivity index (χ0) is 19.2. The van der Waals surface area contributed by atoms with E-state index in [0.717, 1.165) is 23.6 Å². The van der Waals surface area contributed by atoms with Crippen LogP contribution in [0.5, 0.6) is 0 Å². The summed E-state index contributed by atoms with van der Waals surface area (Å²) >= 11 is 0. The first-order chi connectivity index (χ1) is 12.3. The second-order valence-electron chi connectivity index (χ2n) is 6.15. The predicted octanol–water partition coefficient (Wildman–Crippen LogP) is 1.90. The lowest BCUT2D eigenvalue weighted by molar-refractivity contribution is 0.461. The van der Waals surface area contributed by atoms with Crippen molar-refractivity contribution in [3.63, 3.8) is 0 Å². The maximum atomic E-state index is 11.7. The Hall–Kier alpha value is -1.59. The van der Waals surface area contributed by atoms with Crippen LogP contribution in [0.4, 0.5) is 0 Å². The third-order valence-corrected chi connectivity index (χ3v) is 5.47. The summed E-state index contributed by atoms with van der Waals surface area (Å²) in [4.78, 5) is 6.37. The fraction of sp³-hybridized carbons (Fsp3) is 0.389. The summed E-state index contributed by atoms with van der Waals surface area (Å²) in [6.45, 7) is 1.31. The lowest BCUT2D eigenvalue weighted by Crippen LogP contribution is -2.38. The van der Waals surface area contributed by atoms with Crippen molar-refractivity contribution in [3.8, 4) is 0 Å². The number of benzene rings is 1.